The molecule has 0 bridgehead atoms. The van der Waals surface area contributed by atoms with E-state index in [0.29, 0.717) is 6.54 Å². The van der Waals surface area contributed by atoms with Gasteiger partial charge < -0.3 is 10.8 Å². The number of thiophene rings is 1. The van der Waals surface area contributed by atoms with Crippen molar-refractivity contribution in [3.63, 3.8) is 0 Å². The predicted molar refractivity (Wildman–Crippen MR) is 61.9 cm³/mol. The Morgan fingerprint density at radius 3 is 2.73 bits per heavy atom. The second kappa shape index (κ2) is 3.06. The van der Waals surface area contributed by atoms with Crippen molar-refractivity contribution < 1.29 is 5.11 Å². The molecule has 1 aromatic rings. The van der Waals surface area contributed by atoms with Crippen LogP contribution in [0.5, 0.6) is 0 Å². The van der Waals surface area contributed by atoms with E-state index < -0.39 is 0 Å². The molecule has 1 heterocycles. The Hall–Kier alpha value is -0.380. The second-order valence-electron chi connectivity index (χ2n) is 5.04. The summed E-state index contributed by atoms with van der Waals surface area (Å²) in [6.07, 6.45) is 3.73. The Balaban J connectivity index is 1.99. The first-order valence-corrected chi connectivity index (χ1v) is 6.52. The van der Waals surface area contributed by atoms with Crippen molar-refractivity contribution in [1.29, 1.82) is 0 Å². The smallest absolute Gasteiger partial charge is 0.0508 e. The van der Waals surface area contributed by atoms with Crippen LogP contribution in [0.15, 0.2) is 17.5 Å². The maximum absolute atomic E-state index is 9.59. The molecule has 2 atom stereocenters. The molecule has 2 saturated carbocycles. The van der Waals surface area contributed by atoms with Crippen molar-refractivity contribution in [2.45, 2.75) is 24.7 Å². The highest BCUT2D eigenvalue weighted by Crippen LogP contribution is 2.73. The summed E-state index contributed by atoms with van der Waals surface area (Å²) in [5.41, 5.74) is 6.11. The Morgan fingerprint density at radius 2 is 2.33 bits per heavy atom. The number of aliphatic hydroxyl groups is 1. The number of hydrogen-bond donors (Lipinski definition) is 2. The van der Waals surface area contributed by atoms with E-state index in [-0.39, 0.29) is 17.4 Å². The van der Waals surface area contributed by atoms with Gasteiger partial charge in [0.15, 0.2) is 0 Å². The average molecular weight is 223 g/mol. The van der Waals surface area contributed by atoms with Crippen molar-refractivity contribution in [3.8, 4) is 0 Å². The molecule has 15 heavy (non-hydrogen) atoms. The monoisotopic (exact) mass is 223 g/mol. The maximum Gasteiger partial charge on any atom is 0.0508 e. The number of rotatable bonds is 4. The van der Waals surface area contributed by atoms with Gasteiger partial charge >= 0.3 is 0 Å². The third-order valence-corrected chi connectivity index (χ3v) is 5.41. The van der Waals surface area contributed by atoms with Crippen molar-refractivity contribution >= 4 is 11.3 Å². The summed E-state index contributed by atoms with van der Waals surface area (Å²) in [5, 5.41) is 11.7. The molecular weight excluding hydrogens is 206 g/mol. The summed E-state index contributed by atoms with van der Waals surface area (Å²) < 4.78 is 0. The van der Waals surface area contributed by atoms with Crippen molar-refractivity contribution in [1.82, 2.24) is 0 Å². The molecule has 2 nitrogen and oxygen atoms in total. The lowest BCUT2D eigenvalue weighted by Gasteiger charge is -2.22. The highest BCUT2D eigenvalue weighted by atomic mass is 32.1. The van der Waals surface area contributed by atoms with Crippen LogP contribution in [0.4, 0.5) is 0 Å². The van der Waals surface area contributed by atoms with Crippen LogP contribution in [0, 0.1) is 11.3 Å². The first-order valence-electron chi connectivity index (χ1n) is 5.64. The van der Waals surface area contributed by atoms with Gasteiger partial charge in [0.05, 0.1) is 6.61 Å². The molecule has 0 aliphatic heterocycles. The zero-order valence-electron chi connectivity index (χ0n) is 8.78. The van der Waals surface area contributed by atoms with Crippen LogP contribution in [-0.4, -0.2) is 18.3 Å². The lowest BCUT2D eigenvalue weighted by Crippen LogP contribution is -2.30. The fourth-order valence-corrected chi connectivity index (χ4v) is 4.37. The zero-order valence-corrected chi connectivity index (χ0v) is 9.59. The molecule has 2 fully saturated rings. The predicted octanol–water partition coefficient (Wildman–Crippen LogP) is 1.74. The summed E-state index contributed by atoms with van der Waals surface area (Å²) in [6.45, 7) is 0.871. The van der Waals surface area contributed by atoms with E-state index in [4.69, 9.17) is 5.73 Å². The lowest BCUT2D eigenvalue weighted by atomic mass is 9.87. The number of nitrogens with two attached hydrogens (primary N) is 1. The quantitative estimate of drug-likeness (QED) is 0.816. The molecule has 3 rings (SSSR count). The Kier molecular flexibility index (Phi) is 2.00. The Morgan fingerprint density at radius 1 is 1.53 bits per heavy atom. The van der Waals surface area contributed by atoms with Gasteiger partial charge in [0.1, 0.15) is 0 Å². The van der Waals surface area contributed by atoms with E-state index >= 15 is 0 Å². The number of hydrogen-bond acceptors (Lipinski definition) is 3. The highest BCUT2D eigenvalue weighted by Gasteiger charge is 2.72. The van der Waals surface area contributed by atoms with Crippen LogP contribution in [0.2, 0.25) is 0 Å². The van der Waals surface area contributed by atoms with Crippen LogP contribution in [0.3, 0.4) is 0 Å². The summed E-state index contributed by atoms with van der Waals surface area (Å²) in [6, 6.07) is 4.33. The van der Waals surface area contributed by atoms with Crippen molar-refractivity contribution in [2.24, 2.45) is 17.1 Å². The third-order valence-electron chi connectivity index (χ3n) is 4.37. The van der Waals surface area contributed by atoms with Gasteiger partial charge in [-0.3, -0.25) is 0 Å². The fraction of sp³-hybridized carbons (Fsp3) is 0.667. The van der Waals surface area contributed by atoms with Crippen molar-refractivity contribution in [2.75, 3.05) is 13.2 Å². The second-order valence-corrected chi connectivity index (χ2v) is 5.99. The molecule has 3 heteroatoms. The molecule has 1 aromatic heterocycles. The molecule has 3 N–H and O–H groups in total. The summed E-state index contributed by atoms with van der Waals surface area (Å²) in [4.78, 5) is 1.45. The summed E-state index contributed by atoms with van der Waals surface area (Å²) in [5.74, 6) is 0.784. The van der Waals surface area contributed by atoms with E-state index in [1.165, 1.54) is 17.7 Å². The molecule has 0 amide bonds. The molecule has 82 valence electrons. The van der Waals surface area contributed by atoms with E-state index in [1.54, 1.807) is 0 Å². The Bertz CT molecular complexity index is 354. The van der Waals surface area contributed by atoms with E-state index in [9.17, 15) is 5.11 Å². The van der Waals surface area contributed by atoms with Gasteiger partial charge in [-0.05, 0) is 36.6 Å². The van der Waals surface area contributed by atoms with Gasteiger partial charge in [-0.2, -0.15) is 0 Å². The van der Waals surface area contributed by atoms with Gasteiger partial charge in [-0.25, -0.2) is 0 Å². The molecule has 2 aliphatic rings. The largest absolute Gasteiger partial charge is 0.396 e. The minimum absolute atomic E-state index is 0.000972. The summed E-state index contributed by atoms with van der Waals surface area (Å²) >= 11 is 1.83. The van der Waals surface area contributed by atoms with Gasteiger partial charge in [0, 0.05) is 22.3 Å². The van der Waals surface area contributed by atoms with Crippen molar-refractivity contribution in [3.05, 3.63) is 22.4 Å². The SMILES string of the molecule is NCC1(CO)CC1(c1cccs1)C1CC1. The fourth-order valence-electron chi connectivity index (χ4n) is 3.24. The lowest BCUT2D eigenvalue weighted by molar-refractivity contribution is 0.190. The summed E-state index contributed by atoms with van der Waals surface area (Å²) in [7, 11) is 0. The molecule has 2 unspecified atom stereocenters. The van der Waals surface area contributed by atoms with E-state index in [1.807, 2.05) is 11.3 Å². The van der Waals surface area contributed by atoms with Crippen LogP contribution >= 0.6 is 11.3 Å². The maximum atomic E-state index is 9.59. The van der Waals surface area contributed by atoms with Gasteiger partial charge in [-0.15, -0.1) is 11.3 Å². The van der Waals surface area contributed by atoms with Crippen LogP contribution < -0.4 is 5.73 Å². The van der Waals surface area contributed by atoms with Gasteiger partial charge in [0.25, 0.3) is 0 Å². The van der Waals surface area contributed by atoms with E-state index in [2.05, 4.69) is 17.5 Å². The molecule has 0 aromatic carbocycles. The normalized spacial score (nSPS) is 39.3. The molecule has 0 radical (unpaired) electrons. The molecular formula is C12H17NOS. The third kappa shape index (κ3) is 1.11. The average Bonchev–Trinajstić information content (AvgIpc) is 3.15. The van der Waals surface area contributed by atoms with Crippen LogP contribution in [0.1, 0.15) is 24.1 Å². The minimum atomic E-state index is -0.000972. The van der Waals surface area contributed by atoms with E-state index in [0.717, 1.165) is 12.3 Å². The molecule has 0 spiro atoms. The molecule has 0 saturated heterocycles. The topological polar surface area (TPSA) is 46.2 Å². The van der Waals surface area contributed by atoms with Crippen LogP contribution in [-0.2, 0) is 5.41 Å². The van der Waals surface area contributed by atoms with Gasteiger partial charge in [-0.1, -0.05) is 6.07 Å². The highest BCUT2D eigenvalue weighted by molar-refractivity contribution is 7.10. The van der Waals surface area contributed by atoms with Gasteiger partial charge in [0.2, 0.25) is 0 Å². The first-order chi connectivity index (χ1) is 7.29. The standard InChI is InChI=1S/C12H17NOS/c13-7-11(8-14)6-12(11,9-3-4-9)10-2-1-5-15-10/h1-2,5,9,14H,3-4,6-8,13H2. The van der Waals surface area contributed by atoms with Crippen LogP contribution in [0.25, 0.3) is 0 Å². The molecule has 2 aliphatic carbocycles. The number of aliphatic hydroxyl groups excluding tert-OH is 1. The minimum Gasteiger partial charge on any atom is -0.396 e. The first kappa shape index (κ1) is 9.82. The zero-order chi connectivity index (χ0) is 10.5. The Labute approximate surface area is 94.1 Å².